The van der Waals surface area contributed by atoms with Gasteiger partial charge in [0.2, 0.25) is 5.28 Å². The number of aromatic nitrogens is 4. The Bertz CT molecular complexity index is 686. The molecule has 0 saturated carbocycles. The fourth-order valence-electron chi connectivity index (χ4n) is 2.83. The predicted molar refractivity (Wildman–Crippen MR) is 72.8 cm³/mol. The summed E-state index contributed by atoms with van der Waals surface area (Å²) in [5, 5.41) is 10.7. The Balaban J connectivity index is 1.70. The van der Waals surface area contributed by atoms with Crippen LogP contribution >= 0.6 is 11.6 Å². The van der Waals surface area contributed by atoms with Crippen LogP contribution in [0.4, 0.5) is 10.6 Å². The number of urea groups is 1. The third-order valence-corrected chi connectivity index (χ3v) is 3.96. The molecule has 4 heterocycles. The zero-order chi connectivity index (χ0) is 13.7. The summed E-state index contributed by atoms with van der Waals surface area (Å²) in [5.41, 5.74) is 0.628. The Morgan fingerprint density at radius 3 is 3.15 bits per heavy atom. The number of nitrogens with one attached hydrogen (secondary N) is 2. The number of H-pyrrole nitrogens is 1. The molecule has 2 fully saturated rings. The molecule has 2 amide bonds. The Morgan fingerprint density at radius 2 is 2.25 bits per heavy atom. The van der Waals surface area contributed by atoms with Crippen LogP contribution in [0.1, 0.15) is 0 Å². The van der Waals surface area contributed by atoms with Gasteiger partial charge in [0.15, 0.2) is 5.65 Å². The van der Waals surface area contributed by atoms with Crippen LogP contribution in [0.2, 0.25) is 5.28 Å². The van der Waals surface area contributed by atoms with Crippen molar-refractivity contribution in [3.05, 3.63) is 11.5 Å². The van der Waals surface area contributed by atoms with Gasteiger partial charge in [0, 0.05) is 26.2 Å². The molecular weight excluding hydrogens is 282 g/mol. The molecule has 20 heavy (non-hydrogen) atoms. The number of carbonyl (C=O) groups excluding carboxylic acids is 1. The number of nitrogens with zero attached hydrogens (tertiary/aromatic N) is 5. The summed E-state index contributed by atoms with van der Waals surface area (Å²) in [6, 6.07) is 0.191. The number of hydrogen-bond acceptors (Lipinski definition) is 5. The molecule has 2 saturated heterocycles. The topological polar surface area (TPSA) is 90.0 Å². The van der Waals surface area contributed by atoms with E-state index in [1.54, 1.807) is 6.20 Å². The molecule has 2 aliphatic heterocycles. The van der Waals surface area contributed by atoms with Gasteiger partial charge in [-0.1, -0.05) is 0 Å². The number of rotatable bonds is 1. The van der Waals surface area contributed by atoms with E-state index in [9.17, 15) is 4.79 Å². The number of amides is 2. The van der Waals surface area contributed by atoms with Crippen molar-refractivity contribution in [1.82, 2.24) is 30.4 Å². The largest absolute Gasteiger partial charge is 0.352 e. The van der Waals surface area contributed by atoms with Gasteiger partial charge >= 0.3 is 6.03 Å². The molecule has 0 aromatic carbocycles. The van der Waals surface area contributed by atoms with Crippen LogP contribution in [0.15, 0.2) is 6.20 Å². The maximum Gasteiger partial charge on any atom is 0.317 e. The Kier molecular flexibility index (Phi) is 2.46. The van der Waals surface area contributed by atoms with Crippen LogP contribution in [0.25, 0.3) is 11.0 Å². The van der Waals surface area contributed by atoms with Gasteiger partial charge in [0.25, 0.3) is 0 Å². The second kappa shape index (κ2) is 4.20. The number of aromatic amines is 1. The fraction of sp³-hybridized carbons (Fsp3) is 0.455. The quantitative estimate of drug-likeness (QED) is 0.734. The first-order valence-electron chi connectivity index (χ1n) is 6.38. The zero-order valence-electron chi connectivity index (χ0n) is 10.5. The molecular formula is C11H12ClN7O. The lowest BCUT2D eigenvalue weighted by Crippen LogP contribution is -2.52. The van der Waals surface area contributed by atoms with Gasteiger partial charge in [-0.3, -0.25) is 5.10 Å². The molecule has 2 N–H and O–H groups in total. The summed E-state index contributed by atoms with van der Waals surface area (Å²) >= 11 is 5.96. The molecule has 4 rings (SSSR count). The lowest BCUT2D eigenvalue weighted by Gasteiger charge is -2.37. The molecule has 8 nitrogen and oxygen atoms in total. The highest BCUT2D eigenvalue weighted by molar-refractivity contribution is 6.28. The third-order valence-electron chi connectivity index (χ3n) is 3.79. The summed E-state index contributed by atoms with van der Waals surface area (Å²) in [6.45, 7) is 2.80. The summed E-state index contributed by atoms with van der Waals surface area (Å²) in [5.74, 6) is 0.771. The minimum atomic E-state index is 0.0174. The van der Waals surface area contributed by atoms with E-state index in [1.165, 1.54) is 0 Å². The van der Waals surface area contributed by atoms with E-state index in [1.807, 2.05) is 4.90 Å². The minimum absolute atomic E-state index is 0.0174. The highest BCUT2D eigenvalue weighted by Gasteiger charge is 2.36. The molecule has 2 aromatic heterocycles. The van der Waals surface area contributed by atoms with Gasteiger partial charge in [-0.25, -0.2) is 4.79 Å². The van der Waals surface area contributed by atoms with Crippen LogP contribution < -0.4 is 10.2 Å². The first-order chi connectivity index (χ1) is 9.72. The first kappa shape index (κ1) is 11.7. The van der Waals surface area contributed by atoms with E-state index in [0.29, 0.717) is 18.7 Å². The van der Waals surface area contributed by atoms with Crippen molar-refractivity contribution < 1.29 is 4.79 Å². The van der Waals surface area contributed by atoms with E-state index in [0.717, 1.165) is 24.3 Å². The van der Waals surface area contributed by atoms with Gasteiger partial charge < -0.3 is 15.1 Å². The molecule has 104 valence electrons. The maximum atomic E-state index is 11.6. The van der Waals surface area contributed by atoms with Crippen molar-refractivity contribution in [2.24, 2.45) is 0 Å². The van der Waals surface area contributed by atoms with Crippen molar-refractivity contribution in [3.63, 3.8) is 0 Å². The lowest BCUT2D eigenvalue weighted by molar-refractivity contribution is 0.197. The summed E-state index contributed by atoms with van der Waals surface area (Å²) in [7, 11) is 0. The van der Waals surface area contributed by atoms with Crippen molar-refractivity contribution in [2.75, 3.05) is 31.1 Å². The monoisotopic (exact) mass is 293 g/mol. The first-order valence-corrected chi connectivity index (χ1v) is 6.76. The van der Waals surface area contributed by atoms with Crippen LogP contribution in [0.5, 0.6) is 0 Å². The number of fused-ring (bicyclic) bond motifs is 2. The van der Waals surface area contributed by atoms with E-state index >= 15 is 0 Å². The predicted octanol–water partition coefficient (Wildman–Crippen LogP) is 0.220. The molecule has 0 aliphatic carbocycles. The summed E-state index contributed by atoms with van der Waals surface area (Å²) in [6.07, 6.45) is 1.70. The average molecular weight is 294 g/mol. The Labute approximate surface area is 119 Å². The second-order valence-electron chi connectivity index (χ2n) is 4.93. The van der Waals surface area contributed by atoms with Gasteiger partial charge in [-0.05, 0) is 11.6 Å². The molecule has 9 heteroatoms. The van der Waals surface area contributed by atoms with E-state index in [2.05, 4.69) is 30.4 Å². The third kappa shape index (κ3) is 1.68. The summed E-state index contributed by atoms with van der Waals surface area (Å²) in [4.78, 5) is 24.0. The Morgan fingerprint density at radius 1 is 1.35 bits per heavy atom. The van der Waals surface area contributed by atoms with Gasteiger partial charge in [0.1, 0.15) is 5.82 Å². The number of piperazine rings is 1. The molecule has 0 bridgehead atoms. The van der Waals surface area contributed by atoms with Crippen molar-refractivity contribution in [1.29, 1.82) is 0 Å². The van der Waals surface area contributed by atoms with E-state index < -0.39 is 0 Å². The van der Waals surface area contributed by atoms with Crippen LogP contribution in [-0.4, -0.2) is 63.3 Å². The smallest absolute Gasteiger partial charge is 0.317 e. The summed E-state index contributed by atoms with van der Waals surface area (Å²) < 4.78 is 0. The molecule has 0 radical (unpaired) electrons. The molecule has 1 atom stereocenters. The average Bonchev–Trinajstić information content (AvgIpc) is 3.04. The number of anilines is 1. The van der Waals surface area contributed by atoms with Crippen LogP contribution in [-0.2, 0) is 0 Å². The molecule has 2 aliphatic rings. The second-order valence-corrected chi connectivity index (χ2v) is 5.27. The normalized spacial score (nSPS) is 22.2. The highest BCUT2D eigenvalue weighted by atomic mass is 35.5. The minimum Gasteiger partial charge on any atom is -0.352 e. The van der Waals surface area contributed by atoms with E-state index in [4.69, 9.17) is 11.6 Å². The lowest BCUT2D eigenvalue weighted by atomic mass is 10.2. The standard InChI is InChI=1S/C11H12ClN7O/c12-10-15-8-7(4-14-17-8)9(16-10)18-1-2-19-6(5-18)3-13-11(19)20/h4,6H,1-3,5H2,(H,13,20)(H,14,15,16,17). The molecule has 1 unspecified atom stereocenters. The zero-order valence-corrected chi connectivity index (χ0v) is 11.3. The van der Waals surface area contributed by atoms with Gasteiger partial charge in [-0.15, -0.1) is 0 Å². The number of carbonyl (C=O) groups is 1. The Hall–Kier alpha value is -2.09. The van der Waals surface area contributed by atoms with Crippen molar-refractivity contribution in [2.45, 2.75) is 6.04 Å². The van der Waals surface area contributed by atoms with Crippen molar-refractivity contribution >= 4 is 34.5 Å². The number of halogens is 1. The van der Waals surface area contributed by atoms with Crippen molar-refractivity contribution in [3.8, 4) is 0 Å². The van der Waals surface area contributed by atoms with E-state index in [-0.39, 0.29) is 17.4 Å². The number of hydrogen-bond donors (Lipinski definition) is 2. The molecule has 2 aromatic rings. The maximum absolute atomic E-state index is 11.6. The molecule has 0 spiro atoms. The van der Waals surface area contributed by atoms with Gasteiger partial charge in [-0.2, -0.15) is 15.1 Å². The van der Waals surface area contributed by atoms with Crippen LogP contribution in [0, 0.1) is 0 Å². The SMILES string of the molecule is O=C1NCC2CN(c3nc(Cl)nc4[nH]ncc34)CCN12. The van der Waals surface area contributed by atoms with Gasteiger partial charge in [0.05, 0.1) is 17.6 Å². The fourth-order valence-corrected chi connectivity index (χ4v) is 3.00. The highest BCUT2D eigenvalue weighted by Crippen LogP contribution is 2.26. The van der Waals surface area contributed by atoms with Crippen LogP contribution in [0.3, 0.4) is 0 Å².